The zero-order valence-corrected chi connectivity index (χ0v) is 13.7. The first kappa shape index (κ1) is 15.8. The van der Waals surface area contributed by atoms with Gasteiger partial charge in [-0.05, 0) is 25.0 Å². The molecule has 1 aliphatic heterocycles. The van der Waals surface area contributed by atoms with E-state index in [4.69, 9.17) is 22.7 Å². The molecular weight excluding hydrogens is 316 g/mol. The third-order valence-corrected chi connectivity index (χ3v) is 7.08. The van der Waals surface area contributed by atoms with Crippen LogP contribution >= 0.6 is 23.6 Å². The van der Waals surface area contributed by atoms with Gasteiger partial charge in [0.25, 0.3) is 10.0 Å². The molecule has 8 heteroatoms. The Balaban J connectivity index is 2.18. The molecule has 0 saturated carbocycles. The lowest BCUT2D eigenvalue weighted by Crippen LogP contribution is -2.36. The lowest BCUT2D eigenvalue weighted by Gasteiger charge is -2.22. The highest BCUT2D eigenvalue weighted by Gasteiger charge is 2.29. The number of ether oxygens (including phenoxy) is 1. The third-order valence-electron chi connectivity index (χ3n) is 3.20. The second-order valence-electron chi connectivity index (χ2n) is 4.57. The van der Waals surface area contributed by atoms with E-state index in [1.807, 2.05) is 6.92 Å². The van der Waals surface area contributed by atoms with E-state index in [0.717, 1.165) is 24.2 Å². The average molecular weight is 334 g/mol. The van der Waals surface area contributed by atoms with Crippen molar-refractivity contribution in [2.45, 2.75) is 30.1 Å². The fraction of sp³-hybridized carbons (Fsp3) is 0.583. The van der Waals surface area contributed by atoms with Gasteiger partial charge in [-0.1, -0.05) is 19.1 Å². The zero-order valence-electron chi connectivity index (χ0n) is 11.2. The number of hydrogen-bond acceptors (Lipinski definition) is 5. The fourth-order valence-electron chi connectivity index (χ4n) is 2.13. The molecule has 1 aromatic heterocycles. The Hall–Kier alpha value is -0.540. The zero-order chi connectivity index (χ0) is 14.8. The van der Waals surface area contributed by atoms with Crippen LogP contribution in [0, 0.1) is 0 Å². The normalized spacial score (nSPS) is 19.6. The maximum atomic E-state index is 12.6. The van der Waals surface area contributed by atoms with Crippen LogP contribution in [0.5, 0.6) is 0 Å². The van der Waals surface area contributed by atoms with Crippen molar-refractivity contribution in [2.24, 2.45) is 5.73 Å². The number of nitrogens with zero attached hydrogens (tertiary/aromatic N) is 1. The summed E-state index contributed by atoms with van der Waals surface area (Å²) in [6.45, 7) is 3.36. The van der Waals surface area contributed by atoms with Crippen LogP contribution in [0.3, 0.4) is 0 Å². The van der Waals surface area contributed by atoms with E-state index >= 15 is 0 Å². The first-order valence-electron chi connectivity index (χ1n) is 6.46. The van der Waals surface area contributed by atoms with Gasteiger partial charge in [0.05, 0.1) is 11.0 Å². The Morgan fingerprint density at radius 3 is 2.85 bits per heavy atom. The second kappa shape index (κ2) is 6.48. The third kappa shape index (κ3) is 3.37. The van der Waals surface area contributed by atoms with Crippen LogP contribution in [-0.4, -0.2) is 43.5 Å². The van der Waals surface area contributed by atoms with Crippen LogP contribution in [0.15, 0.2) is 16.3 Å². The standard InChI is InChI=1S/C12H18N2O3S3/c1-2-14(8-9-4-3-7-17-9)20(15,16)11-6-5-10(19-11)12(13)18/h5-6,9H,2-4,7-8H2,1H3,(H2,13,18). The molecule has 1 atom stereocenters. The summed E-state index contributed by atoms with van der Waals surface area (Å²) in [5, 5.41) is 0. The van der Waals surface area contributed by atoms with Gasteiger partial charge in [0.1, 0.15) is 9.20 Å². The minimum atomic E-state index is -3.49. The summed E-state index contributed by atoms with van der Waals surface area (Å²) in [6.07, 6.45) is 1.90. The van der Waals surface area contributed by atoms with E-state index in [0.29, 0.717) is 24.6 Å². The molecule has 0 bridgehead atoms. The topological polar surface area (TPSA) is 72.6 Å². The lowest BCUT2D eigenvalue weighted by atomic mass is 10.2. The van der Waals surface area contributed by atoms with Crippen LogP contribution in [0.25, 0.3) is 0 Å². The van der Waals surface area contributed by atoms with Crippen LogP contribution < -0.4 is 5.73 Å². The first-order valence-corrected chi connectivity index (χ1v) is 9.13. The summed E-state index contributed by atoms with van der Waals surface area (Å²) >= 11 is 5.98. The quantitative estimate of drug-likeness (QED) is 0.800. The van der Waals surface area contributed by atoms with Crippen molar-refractivity contribution in [3.8, 4) is 0 Å². The van der Waals surface area contributed by atoms with Gasteiger partial charge in [-0.15, -0.1) is 11.3 Å². The highest BCUT2D eigenvalue weighted by Crippen LogP contribution is 2.26. The Kier molecular flexibility index (Phi) is 5.14. The minimum Gasteiger partial charge on any atom is -0.389 e. The van der Waals surface area contributed by atoms with Gasteiger partial charge >= 0.3 is 0 Å². The lowest BCUT2D eigenvalue weighted by molar-refractivity contribution is 0.0947. The van der Waals surface area contributed by atoms with E-state index in [9.17, 15) is 8.42 Å². The monoisotopic (exact) mass is 334 g/mol. The largest absolute Gasteiger partial charge is 0.389 e. The Morgan fingerprint density at radius 2 is 2.35 bits per heavy atom. The van der Waals surface area contributed by atoms with Crippen molar-refractivity contribution in [3.05, 3.63) is 17.0 Å². The molecule has 112 valence electrons. The van der Waals surface area contributed by atoms with E-state index in [1.54, 1.807) is 12.1 Å². The number of rotatable bonds is 6. The molecule has 0 spiro atoms. The van der Waals surface area contributed by atoms with Gasteiger partial charge in [-0.3, -0.25) is 0 Å². The molecule has 20 heavy (non-hydrogen) atoms. The van der Waals surface area contributed by atoms with Crippen molar-refractivity contribution in [1.82, 2.24) is 4.31 Å². The van der Waals surface area contributed by atoms with Crippen molar-refractivity contribution in [1.29, 1.82) is 0 Å². The summed E-state index contributed by atoms with van der Waals surface area (Å²) in [5.41, 5.74) is 5.52. The van der Waals surface area contributed by atoms with Crippen molar-refractivity contribution in [3.63, 3.8) is 0 Å². The van der Waals surface area contributed by atoms with Gasteiger partial charge in [-0.25, -0.2) is 8.42 Å². The summed E-state index contributed by atoms with van der Waals surface area (Å²) in [7, 11) is -3.49. The number of hydrogen-bond donors (Lipinski definition) is 1. The number of likely N-dealkylation sites (N-methyl/N-ethyl adjacent to an activating group) is 1. The van der Waals surface area contributed by atoms with Gasteiger partial charge < -0.3 is 10.5 Å². The number of thiophene rings is 1. The summed E-state index contributed by atoms with van der Waals surface area (Å²) in [5.74, 6) is 0. The molecule has 0 aromatic carbocycles. The predicted octanol–water partition coefficient (Wildman–Crippen LogP) is 1.57. The minimum absolute atomic E-state index is 0.000238. The maximum Gasteiger partial charge on any atom is 0.252 e. The van der Waals surface area contributed by atoms with Crippen LogP contribution in [0.1, 0.15) is 24.6 Å². The number of thiocarbonyl (C=S) groups is 1. The Morgan fingerprint density at radius 1 is 1.60 bits per heavy atom. The van der Waals surface area contributed by atoms with Gasteiger partial charge in [0.2, 0.25) is 0 Å². The van der Waals surface area contributed by atoms with Crippen LogP contribution in [0.2, 0.25) is 0 Å². The average Bonchev–Trinajstić information content (AvgIpc) is 3.06. The molecule has 0 amide bonds. The second-order valence-corrected chi connectivity index (χ2v) is 8.26. The van der Waals surface area contributed by atoms with E-state index < -0.39 is 10.0 Å². The highest BCUT2D eigenvalue weighted by atomic mass is 32.2. The summed E-state index contributed by atoms with van der Waals surface area (Å²) < 4.78 is 32.4. The highest BCUT2D eigenvalue weighted by molar-refractivity contribution is 7.91. The smallest absolute Gasteiger partial charge is 0.252 e. The molecule has 5 nitrogen and oxygen atoms in total. The SMILES string of the molecule is CCN(CC1CCCO1)S(=O)(=O)c1ccc(C(N)=S)s1. The van der Waals surface area contributed by atoms with Crippen molar-refractivity contribution in [2.75, 3.05) is 19.7 Å². The van der Waals surface area contributed by atoms with Gasteiger partial charge in [0, 0.05) is 19.7 Å². The van der Waals surface area contributed by atoms with E-state index in [1.165, 1.54) is 4.31 Å². The van der Waals surface area contributed by atoms with Crippen LogP contribution in [-0.2, 0) is 14.8 Å². The predicted molar refractivity (Wildman–Crippen MR) is 83.6 cm³/mol. The number of nitrogens with two attached hydrogens (primary N) is 1. The molecule has 1 aromatic rings. The molecule has 1 aliphatic rings. The fourth-order valence-corrected chi connectivity index (χ4v) is 5.12. The molecule has 2 heterocycles. The van der Waals surface area contributed by atoms with Gasteiger partial charge in [-0.2, -0.15) is 4.31 Å². The molecule has 2 rings (SSSR count). The molecule has 1 saturated heterocycles. The molecule has 1 unspecified atom stereocenters. The maximum absolute atomic E-state index is 12.6. The molecule has 1 fully saturated rings. The molecule has 0 aliphatic carbocycles. The van der Waals surface area contributed by atoms with Crippen molar-refractivity contribution < 1.29 is 13.2 Å². The molecule has 2 N–H and O–H groups in total. The Labute approximate surface area is 128 Å². The molecular formula is C12H18N2O3S3. The van der Waals surface area contributed by atoms with Crippen molar-refractivity contribution >= 4 is 38.6 Å². The molecule has 0 radical (unpaired) electrons. The first-order chi connectivity index (χ1) is 9.45. The van der Waals surface area contributed by atoms with E-state index in [2.05, 4.69) is 0 Å². The van der Waals surface area contributed by atoms with Gasteiger partial charge in [0.15, 0.2) is 0 Å². The van der Waals surface area contributed by atoms with E-state index in [-0.39, 0.29) is 15.3 Å². The summed E-state index contributed by atoms with van der Waals surface area (Å²) in [4.78, 5) is 0.838. The Bertz CT molecular complexity index is 577. The van der Waals surface area contributed by atoms with Crippen LogP contribution in [0.4, 0.5) is 0 Å². The number of sulfonamides is 1. The summed E-state index contributed by atoms with van der Waals surface area (Å²) in [6, 6.07) is 3.21.